The first kappa shape index (κ1) is 20.5. The Morgan fingerprint density at radius 2 is 1.67 bits per heavy atom. The van der Waals surface area contributed by atoms with Crippen LogP contribution in [0.1, 0.15) is 82.6 Å². The van der Waals surface area contributed by atoms with E-state index in [4.69, 9.17) is 12.2 Å². The highest BCUT2D eigenvalue weighted by Crippen LogP contribution is 2.35. The lowest BCUT2D eigenvalue weighted by molar-refractivity contribution is -0.137. The molecular formula is C24H35NOS. The van der Waals surface area contributed by atoms with E-state index < -0.39 is 0 Å². The highest BCUT2D eigenvalue weighted by Gasteiger charge is 2.35. The molecule has 2 aliphatic rings. The Bertz CT molecular complexity index is 598. The first-order valence-corrected chi connectivity index (χ1v) is 11.5. The fourth-order valence-corrected chi connectivity index (χ4v) is 5.15. The van der Waals surface area contributed by atoms with E-state index in [1.807, 2.05) is 0 Å². The minimum absolute atomic E-state index is 0.415. The highest BCUT2D eigenvalue weighted by molar-refractivity contribution is 7.80. The van der Waals surface area contributed by atoms with E-state index >= 15 is 0 Å². The second kappa shape index (κ2) is 10.9. The second-order valence-corrected chi connectivity index (χ2v) is 9.00. The quantitative estimate of drug-likeness (QED) is 0.377. The molecule has 3 rings (SSSR count). The number of benzene rings is 1. The predicted octanol–water partition coefficient (Wildman–Crippen LogP) is 6.12. The normalized spacial score (nSPS) is 22.3. The SMILES string of the molecule is O=C(CCCCCC(=S)CCc1ccccc1)N1CCCC2CCCCC21. The molecule has 1 saturated heterocycles. The van der Waals surface area contributed by atoms with Crippen molar-refractivity contribution in [1.29, 1.82) is 0 Å². The molecule has 2 nitrogen and oxygen atoms in total. The van der Waals surface area contributed by atoms with E-state index in [0.717, 1.165) is 57.4 Å². The largest absolute Gasteiger partial charge is 0.339 e. The number of likely N-dealkylation sites (tertiary alicyclic amines) is 1. The van der Waals surface area contributed by atoms with Crippen LogP contribution in [0.3, 0.4) is 0 Å². The van der Waals surface area contributed by atoms with Crippen LogP contribution in [-0.2, 0) is 11.2 Å². The van der Waals surface area contributed by atoms with Crippen molar-refractivity contribution in [3.05, 3.63) is 35.9 Å². The molecule has 1 aliphatic heterocycles. The number of hydrogen-bond donors (Lipinski definition) is 0. The van der Waals surface area contributed by atoms with Crippen molar-refractivity contribution in [2.24, 2.45) is 5.92 Å². The van der Waals surface area contributed by atoms with Gasteiger partial charge in [-0.2, -0.15) is 0 Å². The molecular weight excluding hydrogens is 350 g/mol. The summed E-state index contributed by atoms with van der Waals surface area (Å²) < 4.78 is 0. The lowest BCUT2D eigenvalue weighted by Gasteiger charge is -2.44. The number of fused-ring (bicyclic) bond motifs is 1. The molecule has 2 fully saturated rings. The van der Waals surface area contributed by atoms with Crippen LogP contribution in [0.15, 0.2) is 30.3 Å². The van der Waals surface area contributed by atoms with Gasteiger partial charge in [0, 0.05) is 19.0 Å². The first-order chi connectivity index (χ1) is 13.2. The number of piperidine rings is 1. The van der Waals surface area contributed by atoms with Gasteiger partial charge in [-0.05, 0) is 74.1 Å². The molecule has 1 saturated carbocycles. The van der Waals surface area contributed by atoms with Crippen molar-refractivity contribution >= 4 is 23.0 Å². The van der Waals surface area contributed by atoms with E-state index in [-0.39, 0.29) is 0 Å². The first-order valence-electron chi connectivity index (χ1n) is 11.1. The molecule has 0 spiro atoms. The summed E-state index contributed by atoms with van der Waals surface area (Å²) in [5.74, 6) is 1.21. The Morgan fingerprint density at radius 3 is 2.52 bits per heavy atom. The maximum Gasteiger partial charge on any atom is 0.222 e. The third-order valence-electron chi connectivity index (χ3n) is 6.45. The molecule has 2 unspecified atom stereocenters. The molecule has 148 valence electrons. The summed E-state index contributed by atoms with van der Waals surface area (Å²) in [6, 6.07) is 11.1. The van der Waals surface area contributed by atoms with Crippen LogP contribution in [-0.4, -0.2) is 28.3 Å². The average molecular weight is 386 g/mol. The van der Waals surface area contributed by atoms with Crippen LogP contribution in [0.2, 0.25) is 0 Å². The highest BCUT2D eigenvalue weighted by atomic mass is 32.1. The Labute approximate surface area is 170 Å². The van der Waals surface area contributed by atoms with Gasteiger partial charge in [-0.25, -0.2) is 0 Å². The lowest BCUT2D eigenvalue weighted by atomic mass is 9.78. The summed E-state index contributed by atoms with van der Waals surface area (Å²) in [6.07, 6.45) is 14.9. The third kappa shape index (κ3) is 6.41. The molecule has 1 aromatic rings. The number of hydrogen-bond acceptors (Lipinski definition) is 2. The van der Waals surface area contributed by atoms with Gasteiger partial charge in [-0.15, -0.1) is 0 Å². The number of thiocarbonyl (C=S) groups is 1. The van der Waals surface area contributed by atoms with Gasteiger partial charge >= 0.3 is 0 Å². The number of amides is 1. The summed E-state index contributed by atoms with van der Waals surface area (Å²) in [6.45, 7) is 1.00. The Hall–Kier alpha value is -1.22. The second-order valence-electron chi connectivity index (χ2n) is 8.43. The number of aryl methyl sites for hydroxylation is 1. The van der Waals surface area contributed by atoms with Gasteiger partial charge in [-0.3, -0.25) is 4.79 Å². The number of rotatable bonds is 9. The minimum Gasteiger partial charge on any atom is -0.339 e. The third-order valence-corrected chi connectivity index (χ3v) is 6.85. The molecule has 0 bridgehead atoms. The Kier molecular flexibility index (Phi) is 8.32. The van der Waals surface area contributed by atoms with Crippen LogP contribution in [0.25, 0.3) is 0 Å². The Morgan fingerprint density at radius 1 is 0.926 bits per heavy atom. The standard InChI is InChI=1S/C24H35NOS/c26-24(25-19-9-13-21-12-7-8-15-23(21)25)16-6-2-5-14-22(27)18-17-20-10-3-1-4-11-20/h1,3-4,10-11,21,23H,2,5-9,12-19H2. The smallest absolute Gasteiger partial charge is 0.222 e. The minimum atomic E-state index is 0.415. The summed E-state index contributed by atoms with van der Waals surface area (Å²) in [5, 5.41) is 0. The fraction of sp³-hybridized carbons (Fsp3) is 0.667. The molecule has 2 atom stereocenters. The van der Waals surface area contributed by atoms with Crippen LogP contribution in [0.5, 0.6) is 0 Å². The van der Waals surface area contributed by atoms with Gasteiger partial charge in [0.2, 0.25) is 5.91 Å². The van der Waals surface area contributed by atoms with Gasteiger partial charge in [-0.1, -0.05) is 61.8 Å². The number of nitrogens with zero attached hydrogens (tertiary/aromatic N) is 1. The molecule has 1 aromatic carbocycles. The summed E-state index contributed by atoms with van der Waals surface area (Å²) in [5.41, 5.74) is 1.37. The monoisotopic (exact) mass is 385 g/mol. The van der Waals surface area contributed by atoms with E-state index in [2.05, 4.69) is 35.2 Å². The maximum absolute atomic E-state index is 12.7. The molecule has 3 heteroatoms. The fourth-order valence-electron chi connectivity index (χ4n) is 4.91. The van der Waals surface area contributed by atoms with Crippen LogP contribution < -0.4 is 0 Å². The molecule has 1 amide bonds. The molecule has 0 aromatic heterocycles. The van der Waals surface area contributed by atoms with Gasteiger partial charge in [0.15, 0.2) is 0 Å². The Balaban J connectivity index is 1.28. The lowest BCUT2D eigenvalue weighted by Crippen LogP contribution is -2.49. The molecule has 1 heterocycles. The average Bonchev–Trinajstić information content (AvgIpc) is 2.72. The number of unbranched alkanes of at least 4 members (excludes halogenated alkanes) is 2. The molecule has 1 aliphatic carbocycles. The van der Waals surface area contributed by atoms with Crippen LogP contribution in [0.4, 0.5) is 0 Å². The van der Waals surface area contributed by atoms with Crippen molar-refractivity contribution in [2.75, 3.05) is 6.54 Å². The van der Waals surface area contributed by atoms with E-state index in [0.29, 0.717) is 11.9 Å². The van der Waals surface area contributed by atoms with Gasteiger partial charge in [0.05, 0.1) is 0 Å². The van der Waals surface area contributed by atoms with E-state index in [9.17, 15) is 4.79 Å². The number of carbonyl (C=O) groups excluding carboxylic acids is 1. The van der Waals surface area contributed by atoms with Crippen molar-refractivity contribution in [1.82, 2.24) is 4.90 Å². The molecule has 0 radical (unpaired) electrons. The van der Waals surface area contributed by atoms with Crippen LogP contribution in [0, 0.1) is 5.92 Å². The molecule has 0 N–H and O–H groups in total. The zero-order chi connectivity index (χ0) is 18.9. The zero-order valence-electron chi connectivity index (χ0n) is 16.7. The van der Waals surface area contributed by atoms with Gasteiger partial charge in [0.25, 0.3) is 0 Å². The van der Waals surface area contributed by atoms with Crippen molar-refractivity contribution in [3.8, 4) is 0 Å². The summed E-state index contributed by atoms with van der Waals surface area (Å²) >= 11 is 5.55. The van der Waals surface area contributed by atoms with Crippen molar-refractivity contribution in [2.45, 2.75) is 89.5 Å². The summed E-state index contributed by atoms with van der Waals surface area (Å²) in [7, 11) is 0. The molecule has 27 heavy (non-hydrogen) atoms. The summed E-state index contributed by atoms with van der Waals surface area (Å²) in [4.78, 5) is 16.1. The van der Waals surface area contributed by atoms with Gasteiger partial charge in [0.1, 0.15) is 0 Å². The number of carbonyl (C=O) groups is 1. The van der Waals surface area contributed by atoms with Crippen molar-refractivity contribution in [3.63, 3.8) is 0 Å². The van der Waals surface area contributed by atoms with Gasteiger partial charge < -0.3 is 4.90 Å². The van der Waals surface area contributed by atoms with E-state index in [1.165, 1.54) is 49.0 Å². The van der Waals surface area contributed by atoms with Crippen molar-refractivity contribution < 1.29 is 4.79 Å². The van der Waals surface area contributed by atoms with Crippen LogP contribution >= 0.6 is 12.2 Å². The predicted molar refractivity (Wildman–Crippen MR) is 117 cm³/mol. The topological polar surface area (TPSA) is 20.3 Å². The van der Waals surface area contributed by atoms with E-state index in [1.54, 1.807) is 0 Å². The zero-order valence-corrected chi connectivity index (χ0v) is 17.5. The maximum atomic E-state index is 12.7.